The summed E-state index contributed by atoms with van der Waals surface area (Å²) >= 11 is 6.34. The highest BCUT2D eigenvalue weighted by Gasteiger charge is 2.14. The maximum Gasteiger partial charge on any atom is 0.261 e. The van der Waals surface area contributed by atoms with E-state index < -0.39 is 0 Å². The summed E-state index contributed by atoms with van der Waals surface area (Å²) in [6.07, 6.45) is 1.44. The maximum absolute atomic E-state index is 12.2. The Hall–Kier alpha value is -2.79. The summed E-state index contributed by atoms with van der Waals surface area (Å²) in [6, 6.07) is 15.2. The number of hydrogen-bond acceptors (Lipinski definition) is 3. The first-order valence-electron chi connectivity index (χ1n) is 7.00. The van der Waals surface area contributed by atoms with Crippen molar-refractivity contribution in [2.45, 2.75) is 0 Å². The van der Waals surface area contributed by atoms with Crippen LogP contribution in [0.1, 0.15) is 10.4 Å². The molecule has 1 heterocycles. The number of amides is 1. The van der Waals surface area contributed by atoms with Crippen LogP contribution < -0.4 is 11.1 Å². The molecule has 116 valence electrons. The molecular weight excluding hydrogens is 312 g/mol. The number of nitrogens with one attached hydrogen (secondary N) is 1. The number of halogens is 1. The number of rotatable bonds is 3. The zero-order valence-electron chi connectivity index (χ0n) is 12.5. The lowest BCUT2D eigenvalue weighted by atomic mass is 10.1. The number of benzene rings is 2. The fourth-order valence-corrected chi connectivity index (χ4v) is 2.55. The standard InChI is InChI=1S/C17H15ClN4O/c1-22-16(19)14(10-20-22)17(23)21-12-7-8-13(15(18)9-12)11-5-3-2-4-6-11/h2-10H,19H2,1H3,(H,21,23). The van der Waals surface area contributed by atoms with Gasteiger partial charge in [0.15, 0.2) is 0 Å². The summed E-state index contributed by atoms with van der Waals surface area (Å²) in [5, 5.41) is 7.29. The van der Waals surface area contributed by atoms with Crippen LogP contribution in [0, 0.1) is 0 Å². The number of nitrogens with zero attached hydrogens (tertiary/aromatic N) is 2. The molecule has 0 spiro atoms. The summed E-state index contributed by atoms with van der Waals surface area (Å²) < 4.78 is 1.44. The molecule has 3 rings (SSSR count). The van der Waals surface area contributed by atoms with Gasteiger partial charge in [-0.25, -0.2) is 0 Å². The Morgan fingerprint density at radius 2 is 1.96 bits per heavy atom. The summed E-state index contributed by atoms with van der Waals surface area (Å²) in [7, 11) is 1.68. The molecule has 1 aromatic heterocycles. The Balaban J connectivity index is 1.84. The van der Waals surface area contributed by atoms with Gasteiger partial charge in [0.05, 0.1) is 11.2 Å². The van der Waals surface area contributed by atoms with E-state index >= 15 is 0 Å². The van der Waals surface area contributed by atoms with Crippen molar-refractivity contribution < 1.29 is 4.79 Å². The van der Waals surface area contributed by atoms with Crippen molar-refractivity contribution in [3.8, 4) is 11.1 Å². The van der Waals surface area contributed by atoms with Crippen LogP contribution in [0.4, 0.5) is 11.5 Å². The van der Waals surface area contributed by atoms with Gasteiger partial charge in [-0.3, -0.25) is 9.48 Å². The summed E-state index contributed by atoms with van der Waals surface area (Å²) in [6.45, 7) is 0. The van der Waals surface area contributed by atoms with Gasteiger partial charge in [-0.05, 0) is 17.7 Å². The van der Waals surface area contributed by atoms with Crippen molar-refractivity contribution in [2.24, 2.45) is 7.05 Å². The van der Waals surface area contributed by atoms with E-state index in [4.69, 9.17) is 17.3 Å². The highest BCUT2D eigenvalue weighted by Crippen LogP contribution is 2.30. The van der Waals surface area contributed by atoms with Gasteiger partial charge in [0.25, 0.3) is 5.91 Å². The Bertz CT molecular complexity index is 858. The third kappa shape index (κ3) is 3.05. The Labute approximate surface area is 138 Å². The third-order valence-electron chi connectivity index (χ3n) is 3.54. The SMILES string of the molecule is Cn1ncc(C(=O)Nc2ccc(-c3ccccc3)c(Cl)c2)c1N. The molecule has 0 aliphatic heterocycles. The van der Waals surface area contributed by atoms with Gasteiger partial charge in [0.1, 0.15) is 11.4 Å². The number of carbonyl (C=O) groups is 1. The van der Waals surface area contributed by atoms with Gasteiger partial charge in [-0.1, -0.05) is 48.0 Å². The third-order valence-corrected chi connectivity index (χ3v) is 3.85. The van der Waals surface area contributed by atoms with E-state index in [0.717, 1.165) is 11.1 Å². The van der Waals surface area contributed by atoms with Crippen molar-refractivity contribution in [2.75, 3.05) is 11.1 Å². The molecule has 0 aliphatic carbocycles. The fourth-order valence-electron chi connectivity index (χ4n) is 2.27. The van der Waals surface area contributed by atoms with E-state index in [1.807, 2.05) is 36.4 Å². The highest BCUT2D eigenvalue weighted by atomic mass is 35.5. The first kappa shape index (κ1) is 15.1. The Morgan fingerprint density at radius 3 is 2.57 bits per heavy atom. The molecule has 0 radical (unpaired) electrons. The highest BCUT2D eigenvalue weighted by molar-refractivity contribution is 6.33. The smallest absolute Gasteiger partial charge is 0.261 e. The molecule has 6 heteroatoms. The summed E-state index contributed by atoms with van der Waals surface area (Å²) in [5.74, 6) is -0.00590. The molecule has 0 saturated carbocycles. The number of anilines is 2. The van der Waals surface area contributed by atoms with Crippen molar-refractivity contribution in [3.63, 3.8) is 0 Å². The van der Waals surface area contributed by atoms with Gasteiger partial charge in [-0.2, -0.15) is 5.10 Å². The minimum atomic E-state index is -0.320. The number of hydrogen-bond donors (Lipinski definition) is 2. The van der Waals surface area contributed by atoms with Gasteiger partial charge >= 0.3 is 0 Å². The second-order valence-corrected chi connectivity index (χ2v) is 5.49. The number of carbonyl (C=O) groups excluding carboxylic acids is 1. The molecule has 0 unspecified atom stereocenters. The van der Waals surface area contributed by atoms with Gasteiger partial charge in [-0.15, -0.1) is 0 Å². The van der Waals surface area contributed by atoms with E-state index in [2.05, 4.69) is 10.4 Å². The van der Waals surface area contributed by atoms with Crippen LogP contribution in [0.3, 0.4) is 0 Å². The van der Waals surface area contributed by atoms with Crippen LogP contribution in [0.25, 0.3) is 11.1 Å². The minimum absolute atomic E-state index is 0.314. The topological polar surface area (TPSA) is 72.9 Å². The summed E-state index contributed by atoms with van der Waals surface area (Å²) in [4.78, 5) is 12.2. The maximum atomic E-state index is 12.2. The number of nitrogen functional groups attached to an aromatic ring is 1. The van der Waals surface area contributed by atoms with E-state index in [1.54, 1.807) is 19.2 Å². The largest absolute Gasteiger partial charge is 0.383 e. The summed E-state index contributed by atoms with van der Waals surface area (Å²) in [5.41, 5.74) is 8.66. The first-order chi connectivity index (χ1) is 11.1. The molecule has 1 amide bonds. The molecule has 0 bridgehead atoms. The van der Waals surface area contributed by atoms with Crippen molar-refractivity contribution in [1.29, 1.82) is 0 Å². The van der Waals surface area contributed by atoms with Crippen LogP contribution in [0.15, 0.2) is 54.7 Å². The molecule has 0 atom stereocenters. The molecule has 23 heavy (non-hydrogen) atoms. The second-order valence-electron chi connectivity index (χ2n) is 5.08. The second kappa shape index (κ2) is 6.14. The lowest BCUT2D eigenvalue weighted by Gasteiger charge is -2.09. The molecule has 0 aliphatic rings. The number of nitrogens with two attached hydrogens (primary N) is 1. The van der Waals surface area contributed by atoms with E-state index in [1.165, 1.54) is 10.9 Å². The van der Waals surface area contributed by atoms with Crippen LogP contribution >= 0.6 is 11.6 Å². The van der Waals surface area contributed by atoms with Crippen molar-refractivity contribution in [3.05, 3.63) is 65.3 Å². The Morgan fingerprint density at radius 1 is 1.22 bits per heavy atom. The molecule has 3 aromatic rings. The van der Waals surface area contributed by atoms with Crippen molar-refractivity contribution >= 4 is 29.0 Å². The molecular formula is C17H15ClN4O. The normalized spacial score (nSPS) is 10.5. The lowest BCUT2D eigenvalue weighted by molar-refractivity contribution is 0.102. The van der Waals surface area contributed by atoms with Crippen molar-refractivity contribution in [1.82, 2.24) is 9.78 Å². The van der Waals surface area contributed by atoms with Gasteiger partial charge < -0.3 is 11.1 Å². The first-order valence-corrected chi connectivity index (χ1v) is 7.38. The Kier molecular flexibility index (Phi) is 4.04. The molecule has 0 fully saturated rings. The zero-order valence-corrected chi connectivity index (χ0v) is 13.2. The van der Waals surface area contributed by atoms with Gasteiger partial charge in [0, 0.05) is 18.3 Å². The molecule has 0 saturated heterocycles. The number of aromatic nitrogens is 2. The monoisotopic (exact) mass is 326 g/mol. The van der Waals surface area contributed by atoms with Crippen LogP contribution in [-0.2, 0) is 7.05 Å². The predicted octanol–water partition coefficient (Wildman–Crippen LogP) is 3.58. The van der Waals surface area contributed by atoms with Crippen LogP contribution in [-0.4, -0.2) is 15.7 Å². The zero-order chi connectivity index (χ0) is 16.4. The molecule has 3 N–H and O–H groups in total. The average molecular weight is 327 g/mol. The van der Waals surface area contributed by atoms with Crippen LogP contribution in [0.2, 0.25) is 5.02 Å². The van der Waals surface area contributed by atoms with Gasteiger partial charge in [0.2, 0.25) is 0 Å². The van der Waals surface area contributed by atoms with E-state index in [9.17, 15) is 4.79 Å². The predicted molar refractivity (Wildman–Crippen MR) is 92.5 cm³/mol. The average Bonchev–Trinajstić information content (AvgIpc) is 2.88. The quantitative estimate of drug-likeness (QED) is 0.772. The van der Waals surface area contributed by atoms with E-state index in [-0.39, 0.29) is 5.91 Å². The molecule has 5 nitrogen and oxygen atoms in total. The molecule has 2 aromatic carbocycles. The lowest BCUT2D eigenvalue weighted by Crippen LogP contribution is -2.13. The fraction of sp³-hybridized carbons (Fsp3) is 0.0588. The van der Waals surface area contributed by atoms with E-state index in [0.29, 0.717) is 22.1 Å². The number of aryl methyl sites for hydroxylation is 1. The minimum Gasteiger partial charge on any atom is -0.383 e. The van der Waals surface area contributed by atoms with Crippen LogP contribution in [0.5, 0.6) is 0 Å².